The van der Waals surface area contributed by atoms with Crippen molar-refractivity contribution in [1.29, 1.82) is 0 Å². The Kier molecular flexibility index (Phi) is 17.0. The number of hydrogen-bond donors (Lipinski definition) is 0. The molecule has 2 aliphatic carbocycles. The van der Waals surface area contributed by atoms with E-state index in [9.17, 15) is 0 Å². The Hall–Kier alpha value is -17.2. The Labute approximate surface area is 771 Å². The second kappa shape index (κ2) is 29.7. The number of anilines is 6. The lowest BCUT2D eigenvalue weighted by Gasteiger charge is -2.30. The normalized spacial score (nSPS) is 13.0. The number of rotatable bonds is 12. The molecule has 26 aromatic rings. The molecule has 0 unspecified atom stereocenters. The average Bonchev–Trinajstić information content (AvgIpc) is 1.56. The highest BCUT2D eigenvalue weighted by Gasteiger charge is 2.40. The average molecular weight is 1720 g/mol. The SMILES string of the molecule is CC1(C)c2cc(-c3cccc4c3oc3ccccc34)ccc2-c2ccc(N(c3ccc(-c4ccc5oc6ccccc6c5c4)cc3)c3ccc4c(c3)C(C)(C)c3cc(-c5cccc6c5oc5ccccc56)ccc3-4)cc21.c1ccc2c(c1)oc1ccc(-c3ccc(N(c4ccc(-c5ccc6oc7ccccc7c6c5)cc4)c4ccc(-c5cccc6c5oc5ccccc56)cc4)cc3)cc12. The van der Waals surface area contributed by atoms with Gasteiger partial charge in [-0.3, -0.25) is 0 Å². The van der Waals surface area contributed by atoms with Crippen molar-refractivity contribution in [2.45, 2.75) is 38.5 Å². The molecule has 0 fully saturated rings. The molecule has 0 amide bonds. The van der Waals surface area contributed by atoms with Crippen molar-refractivity contribution < 1.29 is 26.5 Å². The van der Waals surface area contributed by atoms with Gasteiger partial charge in [-0.25, -0.2) is 0 Å². The predicted octanol–water partition coefficient (Wildman–Crippen LogP) is 36.3. The Balaban J connectivity index is 0.000000142. The van der Waals surface area contributed by atoms with Crippen molar-refractivity contribution in [3.63, 3.8) is 0 Å². The molecule has 8 nitrogen and oxygen atoms in total. The molecule has 6 aromatic heterocycles. The molecule has 0 aliphatic heterocycles. The van der Waals surface area contributed by atoms with Crippen LogP contribution in [0.15, 0.2) is 451 Å². The van der Waals surface area contributed by atoms with Crippen LogP contribution in [0.3, 0.4) is 0 Å². The predicted molar refractivity (Wildman–Crippen MR) is 554 cm³/mol. The molecule has 28 rings (SSSR count). The first-order valence-corrected chi connectivity index (χ1v) is 45.9. The van der Waals surface area contributed by atoms with Crippen molar-refractivity contribution in [2.75, 3.05) is 9.80 Å². The summed E-state index contributed by atoms with van der Waals surface area (Å²) in [7, 11) is 0. The summed E-state index contributed by atoms with van der Waals surface area (Å²) in [5.74, 6) is 0. The third-order valence-corrected chi connectivity index (χ3v) is 28.6. The molecule has 0 radical (unpaired) electrons. The van der Waals surface area contributed by atoms with Crippen molar-refractivity contribution >= 4 is 166 Å². The molecule has 0 saturated heterocycles. The van der Waals surface area contributed by atoms with Crippen LogP contribution in [0, 0.1) is 0 Å². The van der Waals surface area contributed by atoms with Gasteiger partial charge >= 0.3 is 0 Å². The number of fused-ring (bicyclic) bond motifs is 24. The van der Waals surface area contributed by atoms with Gasteiger partial charge in [0.1, 0.15) is 67.0 Å². The minimum atomic E-state index is -0.282. The van der Waals surface area contributed by atoms with Gasteiger partial charge in [0.15, 0.2) is 0 Å². The molecule has 8 heteroatoms. The van der Waals surface area contributed by atoms with Gasteiger partial charge in [0.2, 0.25) is 0 Å². The van der Waals surface area contributed by atoms with E-state index in [4.69, 9.17) is 26.5 Å². The summed E-state index contributed by atoms with van der Waals surface area (Å²) in [4.78, 5) is 4.77. The first-order chi connectivity index (χ1) is 65.9. The Bertz CT molecular complexity index is 8950. The molecular weight excluding hydrogens is 1640 g/mol. The minimum Gasteiger partial charge on any atom is -0.456 e. The fraction of sp³-hybridized carbons (Fsp3) is 0.0476. The van der Waals surface area contributed by atoms with Crippen LogP contribution in [-0.2, 0) is 10.8 Å². The standard InChI is InChI=1S/C72H49NO3.C54H33NO3/c1-71(2)61-38-44(49-16-11-18-58-55-13-5-9-21-66(55)75-69(49)58)25-32-51(61)53-34-30-47(40-63(53)71)73(46-28-23-42(24-29-46)43-27-36-68-60(37-43)57-15-7-8-20-65(57)74-68)48-31-35-54-52-33-26-45(39-62(52)72(3,4)64(54)41-48)50-17-12-19-59-56-14-6-10-22-67(56)76-70(50)59;1-6-15-51-43(8-1)46-12-7-11-42(54(46)58-51)36-20-28-41(29-21-36)55(39-24-16-34(17-25-39)37-22-30-52-47(32-37)44-9-2-4-13-49(44)56-52)40-26-18-35(19-27-40)38-23-31-53-48(33-38)45-10-3-5-14-50(45)57-53/h5-41H,1-4H3;1-33H. The Morgan fingerprint density at radius 2 is 0.373 bits per heavy atom. The Morgan fingerprint density at radius 1 is 0.149 bits per heavy atom. The van der Waals surface area contributed by atoms with Gasteiger partial charge in [0.05, 0.1) is 0 Å². The highest BCUT2D eigenvalue weighted by molar-refractivity contribution is 6.14. The van der Waals surface area contributed by atoms with Gasteiger partial charge < -0.3 is 36.3 Å². The van der Waals surface area contributed by atoms with Crippen molar-refractivity contribution in [3.05, 3.63) is 447 Å². The molecule has 0 N–H and O–H groups in total. The summed E-state index contributed by atoms with van der Waals surface area (Å²) in [6.45, 7) is 9.52. The zero-order chi connectivity index (χ0) is 88.8. The number of hydrogen-bond acceptors (Lipinski definition) is 8. The molecule has 2 aliphatic rings. The zero-order valence-electron chi connectivity index (χ0n) is 73.8. The summed E-state index contributed by atoms with van der Waals surface area (Å²) >= 11 is 0. The molecule has 0 bridgehead atoms. The summed E-state index contributed by atoms with van der Waals surface area (Å²) < 4.78 is 38.0. The highest BCUT2D eigenvalue weighted by atomic mass is 16.3. The third kappa shape index (κ3) is 12.2. The van der Waals surface area contributed by atoms with Gasteiger partial charge in [-0.2, -0.15) is 0 Å². The first-order valence-electron chi connectivity index (χ1n) is 45.9. The van der Waals surface area contributed by atoms with E-state index in [1.807, 2.05) is 60.7 Å². The second-order valence-corrected chi connectivity index (χ2v) is 36.9. The number of nitrogens with zero attached hydrogens (tertiary/aromatic N) is 2. The van der Waals surface area contributed by atoms with Gasteiger partial charge in [0.25, 0.3) is 0 Å². The van der Waals surface area contributed by atoms with Crippen LogP contribution in [0.4, 0.5) is 34.1 Å². The minimum absolute atomic E-state index is 0.282. The summed E-state index contributed by atoms with van der Waals surface area (Å²) in [5.41, 5.74) is 40.7. The van der Waals surface area contributed by atoms with Crippen molar-refractivity contribution in [3.8, 4) is 89.0 Å². The van der Waals surface area contributed by atoms with E-state index in [0.717, 1.165) is 233 Å². The van der Waals surface area contributed by atoms with E-state index < -0.39 is 0 Å². The monoisotopic (exact) mass is 1720 g/mol. The number of benzene rings is 20. The van der Waals surface area contributed by atoms with Crippen LogP contribution in [0.25, 0.3) is 221 Å². The molecule has 134 heavy (non-hydrogen) atoms. The highest BCUT2D eigenvalue weighted by Crippen LogP contribution is 2.56. The fourth-order valence-electron chi connectivity index (χ4n) is 21.8. The van der Waals surface area contributed by atoms with Crippen LogP contribution in [0.2, 0.25) is 0 Å². The fourth-order valence-corrected chi connectivity index (χ4v) is 21.8. The lowest BCUT2D eigenvalue weighted by molar-refractivity contribution is 0.659. The quantitative estimate of drug-likeness (QED) is 0.120. The molecule has 0 atom stereocenters. The van der Waals surface area contributed by atoms with E-state index in [-0.39, 0.29) is 10.8 Å². The third-order valence-electron chi connectivity index (χ3n) is 28.6. The van der Waals surface area contributed by atoms with Gasteiger partial charge in [-0.15, -0.1) is 0 Å². The van der Waals surface area contributed by atoms with E-state index in [2.05, 4.69) is 401 Å². The summed E-state index contributed by atoms with van der Waals surface area (Å²) in [6, 6.07) is 152. The molecule has 0 spiro atoms. The zero-order valence-corrected chi connectivity index (χ0v) is 73.8. The number of para-hydroxylation sites is 9. The van der Waals surface area contributed by atoms with E-state index in [0.29, 0.717) is 0 Å². The lowest BCUT2D eigenvalue weighted by Crippen LogP contribution is -2.18. The van der Waals surface area contributed by atoms with Crippen LogP contribution >= 0.6 is 0 Å². The van der Waals surface area contributed by atoms with E-state index in [1.165, 1.54) is 44.5 Å². The Morgan fingerprint density at radius 3 is 0.694 bits per heavy atom. The molecular formula is C126H82N2O6. The van der Waals surface area contributed by atoms with E-state index in [1.54, 1.807) is 0 Å². The summed E-state index contributed by atoms with van der Waals surface area (Å²) in [5, 5.41) is 13.6. The lowest BCUT2D eigenvalue weighted by atomic mass is 9.81. The topological polar surface area (TPSA) is 85.3 Å². The smallest absolute Gasteiger partial charge is 0.143 e. The summed E-state index contributed by atoms with van der Waals surface area (Å²) in [6.07, 6.45) is 0. The maximum atomic E-state index is 6.55. The van der Waals surface area contributed by atoms with Crippen LogP contribution in [0.1, 0.15) is 49.9 Å². The first kappa shape index (κ1) is 76.8. The van der Waals surface area contributed by atoms with Crippen LogP contribution in [0.5, 0.6) is 0 Å². The maximum absolute atomic E-state index is 6.55. The van der Waals surface area contributed by atoms with Crippen molar-refractivity contribution in [2.24, 2.45) is 0 Å². The molecule has 0 saturated carbocycles. The maximum Gasteiger partial charge on any atom is 0.143 e. The van der Waals surface area contributed by atoms with E-state index >= 15 is 0 Å². The number of furan rings is 6. The second-order valence-electron chi connectivity index (χ2n) is 36.9. The van der Waals surface area contributed by atoms with Crippen molar-refractivity contribution in [1.82, 2.24) is 0 Å². The van der Waals surface area contributed by atoms with Gasteiger partial charge in [-0.05, 0) is 252 Å². The molecule has 6 heterocycles. The van der Waals surface area contributed by atoms with Gasteiger partial charge in [0, 0.05) is 126 Å². The molecule has 632 valence electrons. The largest absolute Gasteiger partial charge is 0.456 e. The van der Waals surface area contributed by atoms with Crippen LogP contribution < -0.4 is 9.80 Å². The molecule has 20 aromatic carbocycles. The van der Waals surface area contributed by atoms with Crippen LogP contribution in [-0.4, -0.2) is 0 Å². The van der Waals surface area contributed by atoms with Gasteiger partial charge in [-0.1, -0.05) is 295 Å².